The average Bonchev–Trinajstić information content (AvgIpc) is 2.62. The van der Waals surface area contributed by atoms with Crippen molar-refractivity contribution in [1.29, 1.82) is 0 Å². The molecule has 132 valence electrons. The van der Waals surface area contributed by atoms with Crippen LogP contribution in [0.2, 0.25) is 0 Å². The minimum atomic E-state index is -0.202. The van der Waals surface area contributed by atoms with Crippen molar-refractivity contribution >= 4 is 17.3 Å². The summed E-state index contributed by atoms with van der Waals surface area (Å²) in [5, 5.41) is 2.91. The number of pyridine rings is 1. The van der Waals surface area contributed by atoms with Crippen LogP contribution in [-0.2, 0) is 6.54 Å². The highest BCUT2D eigenvalue weighted by Gasteiger charge is 2.10. The second kappa shape index (κ2) is 7.83. The van der Waals surface area contributed by atoms with Crippen molar-refractivity contribution in [2.24, 2.45) is 0 Å². The number of aryl methyl sites for hydroxylation is 2. The van der Waals surface area contributed by atoms with Gasteiger partial charge >= 0.3 is 0 Å². The number of rotatable bonds is 5. The lowest BCUT2D eigenvalue weighted by Crippen LogP contribution is -2.18. The lowest BCUT2D eigenvalue weighted by molar-refractivity contribution is 0.102. The van der Waals surface area contributed by atoms with E-state index in [0.29, 0.717) is 5.69 Å². The fraction of sp³-hybridized carbons (Fsp3) is 0.182. The van der Waals surface area contributed by atoms with Gasteiger partial charge < -0.3 is 10.2 Å². The van der Waals surface area contributed by atoms with Crippen LogP contribution in [0, 0.1) is 13.8 Å². The molecule has 2 aromatic carbocycles. The molecule has 0 aliphatic heterocycles. The summed E-state index contributed by atoms with van der Waals surface area (Å²) in [6, 6.07) is 19.9. The Hall–Kier alpha value is -3.14. The van der Waals surface area contributed by atoms with Gasteiger partial charge in [-0.05, 0) is 54.8 Å². The molecule has 0 atom stereocenters. The lowest BCUT2D eigenvalue weighted by Gasteiger charge is -2.19. The van der Waals surface area contributed by atoms with Crippen molar-refractivity contribution in [2.75, 3.05) is 17.3 Å². The molecule has 0 aliphatic rings. The molecule has 4 nitrogen and oxygen atoms in total. The topological polar surface area (TPSA) is 45.2 Å². The predicted octanol–water partition coefficient (Wildman–Crippen LogP) is 4.59. The second-order valence-corrected chi connectivity index (χ2v) is 6.57. The molecule has 0 saturated heterocycles. The van der Waals surface area contributed by atoms with Crippen LogP contribution in [0.5, 0.6) is 0 Å². The SMILES string of the molecule is Cc1cc(C)cc(NC(=O)c2ccc(N(C)Cc3ccccc3)cn2)c1. The highest BCUT2D eigenvalue weighted by atomic mass is 16.1. The Labute approximate surface area is 154 Å². The van der Waals surface area contributed by atoms with Gasteiger partial charge in [0.05, 0.1) is 11.9 Å². The summed E-state index contributed by atoms with van der Waals surface area (Å²) in [4.78, 5) is 18.9. The van der Waals surface area contributed by atoms with Gasteiger partial charge in [-0.2, -0.15) is 0 Å². The molecule has 3 aromatic rings. The van der Waals surface area contributed by atoms with E-state index in [1.165, 1.54) is 5.56 Å². The summed E-state index contributed by atoms with van der Waals surface area (Å²) >= 11 is 0. The van der Waals surface area contributed by atoms with Crippen molar-refractivity contribution in [3.05, 3.63) is 89.2 Å². The number of carbonyl (C=O) groups is 1. The molecule has 0 spiro atoms. The lowest BCUT2D eigenvalue weighted by atomic mass is 10.1. The van der Waals surface area contributed by atoms with Crippen molar-refractivity contribution in [3.8, 4) is 0 Å². The highest BCUT2D eigenvalue weighted by molar-refractivity contribution is 6.03. The Balaban J connectivity index is 1.67. The van der Waals surface area contributed by atoms with Gasteiger partial charge in [-0.25, -0.2) is 4.98 Å². The first-order valence-electron chi connectivity index (χ1n) is 8.62. The van der Waals surface area contributed by atoms with Gasteiger partial charge in [0.15, 0.2) is 0 Å². The minimum absolute atomic E-state index is 0.202. The maximum Gasteiger partial charge on any atom is 0.274 e. The van der Waals surface area contributed by atoms with Gasteiger partial charge in [-0.3, -0.25) is 4.79 Å². The fourth-order valence-corrected chi connectivity index (χ4v) is 2.94. The maximum atomic E-state index is 12.4. The van der Waals surface area contributed by atoms with E-state index in [9.17, 15) is 4.79 Å². The Kier molecular flexibility index (Phi) is 5.32. The summed E-state index contributed by atoms with van der Waals surface area (Å²) in [6.45, 7) is 4.81. The molecule has 0 radical (unpaired) electrons. The molecular formula is C22H23N3O. The molecule has 0 unspecified atom stereocenters. The van der Waals surface area contributed by atoms with E-state index in [2.05, 4.69) is 33.4 Å². The van der Waals surface area contributed by atoms with E-state index >= 15 is 0 Å². The molecule has 3 rings (SSSR count). The summed E-state index contributed by atoms with van der Waals surface area (Å²) in [5.74, 6) is -0.202. The van der Waals surface area contributed by atoms with Crippen molar-refractivity contribution < 1.29 is 4.79 Å². The van der Waals surface area contributed by atoms with Gasteiger partial charge in [-0.15, -0.1) is 0 Å². The molecule has 0 fully saturated rings. The summed E-state index contributed by atoms with van der Waals surface area (Å²) in [5.41, 5.74) is 5.63. The number of carbonyl (C=O) groups excluding carboxylic acids is 1. The zero-order valence-corrected chi connectivity index (χ0v) is 15.4. The van der Waals surface area contributed by atoms with Crippen molar-refractivity contribution in [3.63, 3.8) is 0 Å². The van der Waals surface area contributed by atoms with Crippen LogP contribution in [0.15, 0.2) is 66.9 Å². The molecule has 26 heavy (non-hydrogen) atoms. The minimum Gasteiger partial charge on any atom is -0.369 e. The van der Waals surface area contributed by atoms with E-state index in [0.717, 1.165) is 29.0 Å². The highest BCUT2D eigenvalue weighted by Crippen LogP contribution is 2.17. The van der Waals surface area contributed by atoms with E-state index in [4.69, 9.17) is 0 Å². The third-order valence-corrected chi connectivity index (χ3v) is 4.16. The standard InChI is InChI=1S/C22H23N3O/c1-16-11-17(2)13-19(12-16)24-22(26)21-10-9-20(14-23-21)25(3)15-18-7-5-4-6-8-18/h4-14H,15H2,1-3H3,(H,24,26). The first kappa shape index (κ1) is 17.7. The Morgan fingerprint density at radius 2 is 1.69 bits per heavy atom. The number of benzene rings is 2. The molecule has 0 aliphatic carbocycles. The predicted molar refractivity (Wildman–Crippen MR) is 107 cm³/mol. The van der Waals surface area contributed by atoms with Gasteiger partial charge in [0.2, 0.25) is 0 Å². The van der Waals surface area contributed by atoms with Crippen molar-refractivity contribution in [2.45, 2.75) is 20.4 Å². The van der Waals surface area contributed by atoms with Gasteiger partial charge in [0.25, 0.3) is 5.91 Å². The van der Waals surface area contributed by atoms with Gasteiger partial charge in [0.1, 0.15) is 5.69 Å². The molecule has 1 amide bonds. The smallest absolute Gasteiger partial charge is 0.274 e. The Morgan fingerprint density at radius 3 is 2.31 bits per heavy atom. The number of nitrogens with one attached hydrogen (secondary N) is 1. The molecule has 0 bridgehead atoms. The van der Waals surface area contributed by atoms with Crippen LogP contribution in [0.1, 0.15) is 27.2 Å². The van der Waals surface area contributed by atoms with E-state index in [-0.39, 0.29) is 5.91 Å². The van der Waals surface area contributed by atoms with Crippen LogP contribution in [0.3, 0.4) is 0 Å². The van der Waals surface area contributed by atoms with Crippen molar-refractivity contribution in [1.82, 2.24) is 4.98 Å². The molecule has 0 saturated carbocycles. The zero-order valence-electron chi connectivity index (χ0n) is 15.4. The number of hydrogen-bond acceptors (Lipinski definition) is 3. The van der Waals surface area contributed by atoms with Gasteiger partial charge in [-0.1, -0.05) is 36.4 Å². The number of anilines is 2. The summed E-state index contributed by atoms with van der Waals surface area (Å²) in [6.07, 6.45) is 1.74. The quantitative estimate of drug-likeness (QED) is 0.736. The van der Waals surface area contributed by atoms with Crippen LogP contribution in [-0.4, -0.2) is 17.9 Å². The summed E-state index contributed by atoms with van der Waals surface area (Å²) in [7, 11) is 2.01. The molecule has 4 heteroatoms. The fourth-order valence-electron chi connectivity index (χ4n) is 2.94. The average molecular weight is 345 g/mol. The van der Waals surface area contributed by atoms with Crippen LogP contribution >= 0.6 is 0 Å². The first-order chi connectivity index (χ1) is 12.5. The van der Waals surface area contributed by atoms with E-state index < -0.39 is 0 Å². The van der Waals surface area contributed by atoms with Gasteiger partial charge in [0, 0.05) is 19.3 Å². The number of nitrogens with zero attached hydrogens (tertiary/aromatic N) is 2. The van der Waals surface area contributed by atoms with E-state index in [1.54, 1.807) is 12.3 Å². The largest absolute Gasteiger partial charge is 0.369 e. The molecule has 1 heterocycles. The number of hydrogen-bond donors (Lipinski definition) is 1. The second-order valence-electron chi connectivity index (χ2n) is 6.57. The normalized spacial score (nSPS) is 10.4. The summed E-state index contributed by atoms with van der Waals surface area (Å²) < 4.78 is 0. The van der Waals surface area contributed by atoms with Crippen LogP contribution in [0.4, 0.5) is 11.4 Å². The van der Waals surface area contributed by atoms with E-state index in [1.807, 2.05) is 57.3 Å². The van der Waals surface area contributed by atoms with Crippen LogP contribution in [0.25, 0.3) is 0 Å². The zero-order chi connectivity index (χ0) is 18.5. The first-order valence-corrected chi connectivity index (χ1v) is 8.62. The number of amides is 1. The third kappa shape index (κ3) is 4.48. The number of aromatic nitrogens is 1. The van der Waals surface area contributed by atoms with Crippen LogP contribution < -0.4 is 10.2 Å². The third-order valence-electron chi connectivity index (χ3n) is 4.16. The Morgan fingerprint density at radius 1 is 1.00 bits per heavy atom. The monoisotopic (exact) mass is 345 g/mol. The molecule has 1 N–H and O–H groups in total. The molecular weight excluding hydrogens is 322 g/mol. The maximum absolute atomic E-state index is 12.4. The Bertz CT molecular complexity index is 869. The molecule has 1 aromatic heterocycles.